The fraction of sp³-hybridized carbons (Fsp3) is 0.111. The maximum atomic E-state index is 14.0. The van der Waals surface area contributed by atoms with Crippen molar-refractivity contribution in [3.05, 3.63) is 67.5 Å². The second-order valence-electron chi connectivity index (χ2n) is 5.72. The lowest BCUT2D eigenvalue weighted by Gasteiger charge is -2.12. The smallest absolute Gasteiger partial charge is 0.202 e. The summed E-state index contributed by atoms with van der Waals surface area (Å²) in [7, 11) is -1.95. The SMILES string of the molecule is CC(=O)c1c(S(=O)Cc2c(F)cccc2Cl)[nH]c2c(S)ccc(Cl)c2c1=O. The van der Waals surface area contributed by atoms with Crippen LogP contribution in [0.2, 0.25) is 10.0 Å². The molecule has 2 aromatic carbocycles. The van der Waals surface area contributed by atoms with Crippen molar-refractivity contribution in [3.63, 3.8) is 0 Å². The van der Waals surface area contributed by atoms with Crippen LogP contribution in [-0.2, 0) is 16.6 Å². The van der Waals surface area contributed by atoms with Crippen LogP contribution in [0.5, 0.6) is 0 Å². The maximum Gasteiger partial charge on any atom is 0.202 e. The minimum atomic E-state index is -1.95. The number of pyridine rings is 1. The standard InChI is InChI=1S/C18H12Cl2FNO3S2/c1-8(23)14-17(24)15-11(20)5-6-13(26)16(15)22-18(14)27(25)7-9-10(19)3-2-4-12(9)21/h2-6,26H,7H2,1H3,(H,22,24). The Hall–Kier alpha value is -1.67. The third-order valence-corrected chi connectivity index (χ3v) is 6.32. The van der Waals surface area contributed by atoms with Crippen LogP contribution < -0.4 is 5.43 Å². The molecule has 27 heavy (non-hydrogen) atoms. The largest absolute Gasteiger partial charge is 0.346 e. The third-order valence-electron chi connectivity index (χ3n) is 3.97. The molecule has 0 aliphatic heterocycles. The normalized spacial score (nSPS) is 12.3. The van der Waals surface area contributed by atoms with Gasteiger partial charge in [0.2, 0.25) is 5.43 Å². The van der Waals surface area contributed by atoms with Gasteiger partial charge in [0.15, 0.2) is 5.78 Å². The van der Waals surface area contributed by atoms with E-state index >= 15 is 0 Å². The Morgan fingerprint density at radius 1 is 1.22 bits per heavy atom. The van der Waals surface area contributed by atoms with Crippen LogP contribution in [0, 0.1) is 5.82 Å². The first-order valence-corrected chi connectivity index (χ1v) is 10.1. The molecule has 0 aliphatic rings. The van der Waals surface area contributed by atoms with Crippen LogP contribution in [0.15, 0.2) is 45.0 Å². The maximum absolute atomic E-state index is 14.0. The zero-order valence-corrected chi connectivity index (χ0v) is 17.0. The number of ketones is 1. The molecule has 3 rings (SSSR count). The highest BCUT2D eigenvalue weighted by molar-refractivity contribution is 7.84. The number of carbonyl (C=O) groups is 1. The van der Waals surface area contributed by atoms with Gasteiger partial charge in [-0.2, -0.15) is 0 Å². The number of hydrogen-bond acceptors (Lipinski definition) is 4. The van der Waals surface area contributed by atoms with E-state index in [-0.39, 0.29) is 42.9 Å². The van der Waals surface area contributed by atoms with Gasteiger partial charge in [0.05, 0.1) is 38.0 Å². The zero-order valence-electron chi connectivity index (χ0n) is 13.8. The summed E-state index contributed by atoms with van der Waals surface area (Å²) >= 11 is 16.4. The average molecular weight is 444 g/mol. The van der Waals surface area contributed by atoms with Crippen molar-refractivity contribution in [1.29, 1.82) is 0 Å². The summed E-state index contributed by atoms with van der Waals surface area (Å²) in [5, 5.41) is 0.214. The molecule has 3 aromatic rings. The van der Waals surface area contributed by atoms with Crippen LogP contribution in [0.3, 0.4) is 0 Å². The van der Waals surface area contributed by atoms with Gasteiger partial charge >= 0.3 is 0 Å². The number of hydrogen-bond donors (Lipinski definition) is 2. The van der Waals surface area contributed by atoms with Crippen LogP contribution in [0.1, 0.15) is 22.8 Å². The van der Waals surface area contributed by atoms with E-state index < -0.39 is 27.8 Å². The van der Waals surface area contributed by atoms with Crippen molar-refractivity contribution in [2.24, 2.45) is 0 Å². The average Bonchev–Trinajstić information content (AvgIpc) is 2.60. The van der Waals surface area contributed by atoms with Crippen molar-refractivity contribution < 1.29 is 13.4 Å². The summed E-state index contributed by atoms with van der Waals surface area (Å²) in [6.45, 7) is 1.19. The number of aromatic nitrogens is 1. The molecule has 0 radical (unpaired) electrons. The quantitative estimate of drug-likeness (QED) is 0.450. The lowest BCUT2D eigenvalue weighted by molar-refractivity contribution is 0.101. The summed E-state index contributed by atoms with van der Waals surface area (Å²) in [5.74, 6) is -1.52. The van der Waals surface area contributed by atoms with Gasteiger partial charge in [0.25, 0.3) is 0 Å². The summed E-state index contributed by atoms with van der Waals surface area (Å²) in [6, 6.07) is 7.15. The fourth-order valence-corrected chi connectivity index (χ4v) is 4.86. The highest BCUT2D eigenvalue weighted by Gasteiger charge is 2.23. The van der Waals surface area contributed by atoms with Crippen LogP contribution in [0.25, 0.3) is 10.9 Å². The van der Waals surface area contributed by atoms with E-state index in [1.165, 1.54) is 31.2 Å². The number of nitrogens with one attached hydrogen (secondary N) is 1. The molecule has 1 atom stereocenters. The molecule has 1 heterocycles. The number of rotatable bonds is 4. The van der Waals surface area contributed by atoms with E-state index in [2.05, 4.69) is 17.6 Å². The third kappa shape index (κ3) is 3.69. The molecule has 0 saturated carbocycles. The molecule has 1 unspecified atom stereocenters. The van der Waals surface area contributed by atoms with Crippen molar-refractivity contribution in [2.75, 3.05) is 0 Å². The van der Waals surface area contributed by atoms with E-state index in [0.717, 1.165) is 0 Å². The van der Waals surface area contributed by atoms with E-state index in [0.29, 0.717) is 4.90 Å². The molecule has 140 valence electrons. The second kappa shape index (κ2) is 7.75. The Labute approximate surface area is 171 Å². The van der Waals surface area contributed by atoms with Crippen molar-refractivity contribution in [3.8, 4) is 0 Å². The van der Waals surface area contributed by atoms with Crippen LogP contribution in [0.4, 0.5) is 4.39 Å². The van der Waals surface area contributed by atoms with E-state index in [4.69, 9.17) is 23.2 Å². The van der Waals surface area contributed by atoms with Gasteiger partial charge in [-0.15, -0.1) is 12.6 Å². The lowest BCUT2D eigenvalue weighted by atomic mass is 10.1. The number of fused-ring (bicyclic) bond motifs is 1. The van der Waals surface area contributed by atoms with Gasteiger partial charge in [-0.05, 0) is 31.2 Å². The first-order valence-electron chi connectivity index (χ1n) is 7.62. The Bertz CT molecular complexity index is 1160. The number of halogens is 3. The molecule has 1 aromatic heterocycles. The zero-order chi connectivity index (χ0) is 19.9. The number of benzene rings is 2. The van der Waals surface area contributed by atoms with Gasteiger partial charge in [0, 0.05) is 15.5 Å². The molecule has 0 aliphatic carbocycles. The van der Waals surface area contributed by atoms with Gasteiger partial charge in [-0.1, -0.05) is 29.3 Å². The first kappa shape index (κ1) is 20.1. The number of H-pyrrole nitrogens is 1. The number of thiol groups is 1. The Morgan fingerprint density at radius 3 is 2.56 bits per heavy atom. The predicted octanol–water partition coefficient (Wildman–Crippen LogP) is 4.77. The van der Waals surface area contributed by atoms with Gasteiger partial charge in [0.1, 0.15) is 10.8 Å². The Balaban J connectivity index is 2.26. The van der Waals surface area contributed by atoms with E-state index in [9.17, 15) is 18.2 Å². The Kier molecular flexibility index (Phi) is 5.76. The number of aromatic amines is 1. The molecule has 0 saturated heterocycles. The monoisotopic (exact) mass is 443 g/mol. The fourth-order valence-electron chi connectivity index (χ4n) is 2.68. The number of Topliss-reactive ketones (excluding diaryl/α,β-unsaturated/α-hetero) is 1. The molecular weight excluding hydrogens is 432 g/mol. The summed E-state index contributed by atoms with van der Waals surface area (Å²) < 4.78 is 27.0. The Morgan fingerprint density at radius 2 is 1.93 bits per heavy atom. The summed E-state index contributed by atoms with van der Waals surface area (Å²) in [6.07, 6.45) is 0. The highest BCUT2D eigenvalue weighted by atomic mass is 35.5. The predicted molar refractivity (Wildman–Crippen MR) is 108 cm³/mol. The summed E-state index contributed by atoms with van der Waals surface area (Å²) in [4.78, 5) is 28.2. The molecule has 4 nitrogen and oxygen atoms in total. The van der Waals surface area contributed by atoms with Crippen LogP contribution in [-0.4, -0.2) is 15.0 Å². The van der Waals surface area contributed by atoms with Gasteiger partial charge < -0.3 is 4.98 Å². The van der Waals surface area contributed by atoms with Crippen molar-refractivity contribution in [1.82, 2.24) is 4.98 Å². The second-order valence-corrected chi connectivity index (χ2v) is 8.41. The van der Waals surface area contributed by atoms with E-state index in [1.807, 2.05) is 0 Å². The lowest BCUT2D eigenvalue weighted by Crippen LogP contribution is -2.20. The molecule has 0 fully saturated rings. The van der Waals surface area contributed by atoms with Crippen molar-refractivity contribution >= 4 is 63.3 Å². The molecule has 0 bridgehead atoms. The molecule has 1 N–H and O–H groups in total. The van der Waals surface area contributed by atoms with Gasteiger partial charge in [-0.25, -0.2) is 4.39 Å². The topological polar surface area (TPSA) is 67.0 Å². The minimum absolute atomic E-state index is 0.0325. The molecule has 9 heteroatoms. The van der Waals surface area contributed by atoms with Crippen molar-refractivity contribution in [2.45, 2.75) is 22.6 Å². The first-order chi connectivity index (χ1) is 12.7. The highest BCUT2D eigenvalue weighted by Crippen LogP contribution is 2.28. The van der Waals surface area contributed by atoms with E-state index in [1.54, 1.807) is 6.07 Å². The van der Waals surface area contributed by atoms with Gasteiger partial charge in [-0.3, -0.25) is 13.8 Å². The number of carbonyl (C=O) groups excluding carboxylic acids is 1. The van der Waals surface area contributed by atoms with Crippen LogP contribution >= 0.6 is 35.8 Å². The minimum Gasteiger partial charge on any atom is -0.346 e. The molecular formula is C18H12Cl2FNO3S2. The molecule has 0 spiro atoms. The summed E-state index contributed by atoms with van der Waals surface area (Å²) in [5.41, 5.74) is -0.650. The molecule has 0 amide bonds.